The molecule has 0 unspecified atom stereocenters. The second-order valence-electron chi connectivity index (χ2n) is 7.20. The third-order valence-electron chi connectivity index (χ3n) is 4.82. The van der Waals surface area contributed by atoms with Crippen molar-refractivity contribution in [1.82, 2.24) is 4.57 Å². The second-order valence-corrected chi connectivity index (χ2v) is 8.04. The largest absolute Gasteiger partial charge is 0.467 e. The lowest BCUT2D eigenvalue weighted by Crippen LogP contribution is -2.16. The predicted octanol–water partition coefficient (Wildman–Crippen LogP) is 6.12. The number of thiazole rings is 1. The van der Waals surface area contributed by atoms with Crippen molar-refractivity contribution >= 4 is 22.7 Å². The predicted molar refractivity (Wildman–Crippen MR) is 118 cm³/mol. The first-order valence-corrected chi connectivity index (χ1v) is 10.5. The Morgan fingerprint density at radius 3 is 2.70 bits per heavy atom. The van der Waals surface area contributed by atoms with E-state index in [-0.39, 0.29) is 10.6 Å². The van der Waals surface area contributed by atoms with Crippen molar-refractivity contribution < 1.29 is 9.34 Å². The van der Waals surface area contributed by atoms with Crippen LogP contribution in [0.5, 0.6) is 0 Å². The van der Waals surface area contributed by atoms with Crippen molar-refractivity contribution in [3.63, 3.8) is 0 Å². The van der Waals surface area contributed by atoms with Crippen molar-refractivity contribution in [2.75, 3.05) is 0 Å². The Hall–Kier alpha value is -3.45. The van der Waals surface area contributed by atoms with E-state index in [0.29, 0.717) is 12.5 Å². The molecule has 0 saturated heterocycles. The van der Waals surface area contributed by atoms with E-state index in [2.05, 4.69) is 19.9 Å². The first kappa shape index (κ1) is 19.8. The number of nitro benzene ring substituents is 1. The molecule has 4 aromatic rings. The molecule has 2 heterocycles. The van der Waals surface area contributed by atoms with Crippen molar-refractivity contribution in [3.05, 3.63) is 98.5 Å². The average Bonchev–Trinajstić information content (AvgIpc) is 3.39. The second kappa shape index (κ2) is 8.51. The highest BCUT2D eigenvalue weighted by atomic mass is 32.1. The molecule has 0 fully saturated rings. The van der Waals surface area contributed by atoms with Gasteiger partial charge >= 0.3 is 0 Å². The van der Waals surface area contributed by atoms with Gasteiger partial charge in [-0.3, -0.25) is 10.1 Å². The molecule has 0 atom stereocenters. The van der Waals surface area contributed by atoms with Gasteiger partial charge < -0.3 is 8.98 Å². The summed E-state index contributed by atoms with van der Waals surface area (Å²) in [5, 5.41) is 13.2. The molecule has 0 spiro atoms. The first-order chi connectivity index (χ1) is 14.5. The third-order valence-corrected chi connectivity index (χ3v) is 5.68. The minimum atomic E-state index is -0.378. The SMILES string of the molecule is CC(C)c1ccccc1N=c1scc(-c2cccc([N+](=O)[O-])c2)n1Cc1ccco1. The average molecular weight is 420 g/mol. The van der Waals surface area contributed by atoms with Crippen molar-refractivity contribution in [1.29, 1.82) is 0 Å². The van der Waals surface area contributed by atoms with Gasteiger partial charge in [0.25, 0.3) is 5.69 Å². The molecule has 0 aliphatic carbocycles. The molecular formula is C23H21N3O3S. The topological polar surface area (TPSA) is 73.6 Å². The molecule has 6 nitrogen and oxygen atoms in total. The number of hydrogen-bond donors (Lipinski definition) is 0. The van der Waals surface area contributed by atoms with Gasteiger partial charge in [-0.05, 0) is 29.7 Å². The zero-order valence-corrected chi connectivity index (χ0v) is 17.5. The van der Waals surface area contributed by atoms with Crippen LogP contribution in [-0.4, -0.2) is 9.49 Å². The molecule has 2 aromatic heterocycles. The molecule has 7 heteroatoms. The zero-order chi connectivity index (χ0) is 21.1. The fourth-order valence-electron chi connectivity index (χ4n) is 3.32. The van der Waals surface area contributed by atoms with Gasteiger partial charge in [0.05, 0.1) is 29.1 Å². The summed E-state index contributed by atoms with van der Waals surface area (Å²) in [5.74, 6) is 1.14. The summed E-state index contributed by atoms with van der Waals surface area (Å²) < 4.78 is 7.60. The molecule has 2 aromatic carbocycles. The molecule has 30 heavy (non-hydrogen) atoms. The Morgan fingerprint density at radius 2 is 1.97 bits per heavy atom. The molecular weight excluding hydrogens is 398 g/mol. The van der Waals surface area contributed by atoms with Gasteiger partial charge in [-0.2, -0.15) is 0 Å². The number of rotatable bonds is 6. The molecule has 4 rings (SSSR count). The fourth-order valence-corrected chi connectivity index (χ4v) is 4.24. The Bertz CT molecular complexity index is 1240. The molecule has 0 amide bonds. The Labute approximate surface area is 177 Å². The van der Waals surface area contributed by atoms with Crippen LogP contribution in [0.15, 0.2) is 81.7 Å². The van der Waals surface area contributed by atoms with E-state index in [1.807, 2.05) is 46.3 Å². The number of nitrogens with zero attached hydrogens (tertiary/aromatic N) is 3. The number of hydrogen-bond acceptors (Lipinski definition) is 5. The van der Waals surface area contributed by atoms with Crippen LogP contribution in [-0.2, 0) is 6.54 Å². The number of aromatic nitrogens is 1. The molecule has 0 aliphatic rings. The van der Waals surface area contributed by atoms with Gasteiger partial charge in [0.1, 0.15) is 5.76 Å². The lowest BCUT2D eigenvalue weighted by molar-refractivity contribution is -0.384. The summed E-state index contributed by atoms with van der Waals surface area (Å²) in [7, 11) is 0. The molecule has 0 radical (unpaired) electrons. The molecule has 152 valence electrons. The highest BCUT2D eigenvalue weighted by molar-refractivity contribution is 7.07. The maximum Gasteiger partial charge on any atom is 0.270 e. The van der Waals surface area contributed by atoms with Crippen molar-refractivity contribution in [2.45, 2.75) is 26.3 Å². The van der Waals surface area contributed by atoms with Crippen LogP contribution < -0.4 is 4.80 Å². The fraction of sp³-hybridized carbons (Fsp3) is 0.174. The lowest BCUT2D eigenvalue weighted by atomic mass is 10.0. The summed E-state index contributed by atoms with van der Waals surface area (Å²) in [4.78, 5) is 16.6. The summed E-state index contributed by atoms with van der Waals surface area (Å²) in [6.07, 6.45) is 1.64. The maximum atomic E-state index is 11.2. The van der Waals surface area contributed by atoms with E-state index in [4.69, 9.17) is 9.41 Å². The summed E-state index contributed by atoms with van der Waals surface area (Å²) in [5.41, 5.74) is 3.79. The van der Waals surface area contributed by atoms with Crippen LogP contribution >= 0.6 is 11.3 Å². The Morgan fingerprint density at radius 1 is 1.13 bits per heavy atom. The van der Waals surface area contributed by atoms with E-state index >= 15 is 0 Å². The van der Waals surface area contributed by atoms with Crippen molar-refractivity contribution in [3.8, 4) is 11.3 Å². The maximum absolute atomic E-state index is 11.2. The smallest absolute Gasteiger partial charge is 0.270 e. The first-order valence-electron chi connectivity index (χ1n) is 9.62. The quantitative estimate of drug-likeness (QED) is 0.279. The highest BCUT2D eigenvalue weighted by Crippen LogP contribution is 2.28. The van der Waals surface area contributed by atoms with Gasteiger partial charge in [0.15, 0.2) is 4.80 Å². The van der Waals surface area contributed by atoms with Crippen LogP contribution in [0.25, 0.3) is 11.3 Å². The highest BCUT2D eigenvalue weighted by Gasteiger charge is 2.14. The lowest BCUT2D eigenvalue weighted by Gasteiger charge is -2.10. The van der Waals surface area contributed by atoms with Gasteiger partial charge in [0.2, 0.25) is 0 Å². The van der Waals surface area contributed by atoms with Crippen LogP contribution in [0.2, 0.25) is 0 Å². The Balaban J connectivity index is 1.89. The van der Waals surface area contributed by atoms with Gasteiger partial charge in [-0.1, -0.05) is 44.2 Å². The van der Waals surface area contributed by atoms with Crippen LogP contribution in [0.3, 0.4) is 0 Å². The van der Waals surface area contributed by atoms with Crippen molar-refractivity contribution in [2.24, 2.45) is 4.99 Å². The molecule has 0 saturated carbocycles. The normalized spacial score (nSPS) is 11.9. The number of para-hydroxylation sites is 1. The monoisotopic (exact) mass is 419 g/mol. The van der Waals surface area contributed by atoms with E-state index in [9.17, 15) is 10.1 Å². The summed E-state index contributed by atoms with van der Waals surface area (Å²) >= 11 is 1.51. The molecule has 0 aliphatic heterocycles. The summed E-state index contributed by atoms with van der Waals surface area (Å²) in [6.45, 7) is 4.78. The minimum Gasteiger partial charge on any atom is -0.467 e. The number of benzene rings is 2. The third kappa shape index (κ3) is 4.11. The van der Waals surface area contributed by atoms with E-state index < -0.39 is 0 Å². The number of nitro groups is 1. The van der Waals surface area contributed by atoms with E-state index in [1.54, 1.807) is 18.4 Å². The van der Waals surface area contributed by atoms with Gasteiger partial charge in [-0.15, -0.1) is 11.3 Å². The van der Waals surface area contributed by atoms with Crippen LogP contribution in [0.1, 0.15) is 31.1 Å². The van der Waals surface area contributed by atoms with Gasteiger partial charge in [0, 0.05) is 23.1 Å². The van der Waals surface area contributed by atoms with E-state index in [0.717, 1.165) is 27.5 Å². The summed E-state index contributed by atoms with van der Waals surface area (Å²) in [6, 6.07) is 18.5. The minimum absolute atomic E-state index is 0.0619. The molecule has 0 bridgehead atoms. The van der Waals surface area contributed by atoms with E-state index in [1.165, 1.54) is 23.0 Å². The standard InChI is InChI=1S/C23H21N3O3S/c1-16(2)20-10-3-4-11-21(20)24-23-25(14-19-9-6-12-29-19)22(15-30-23)17-7-5-8-18(13-17)26(27)28/h3-13,15-16H,14H2,1-2H3. The number of non-ortho nitro benzene ring substituents is 1. The van der Waals surface area contributed by atoms with Crippen LogP contribution in [0.4, 0.5) is 11.4 Å². The zero-order valence-electron chi connectivity index (χ0n) is 16.7. The molecule has 0 N–H and O–H groups in total. The Kier molecular flexibility index (Phi) is 5.63. The number of furan rings is 1. The van der Waals surface area contributed by atoms with Crippen LogP contribution in [0, 0.1) is 10.1 Å². The van der Waals surface area contributed by atoms with Gasteiger partial charge in [-0.25, -0.2) is 4.99 Å².